The van der Waals surface area contributed by atoms with Gasteiger partial charge in [0.05, 0.1) is 5.60 Å². The first kappa shape index (κ1) is 11.9. The highest BCUT2D eigenvalue weighted by atomic mass is 16.5. The van der Waals surface area contributed by atoms with E-state index in [2.05, 4.69) is 29.1 Å². The number of nitrogens with one attached hydrogen (secondary N) is 1. The summed E-state index contributed by atoms with van der Waals surface area (Å²) in [5.41, 5.74) is 0.787. The lowest BCUT2D eigenvalue weighted by molar-refractivity contribution is 0.000639. The number of ether oxygens (including phenoxy) is 1. The summed E-state index contributed by atoms with van der Waals surface area (Å²) in [6.07, 6.45) is 1.56. The fourth-order valence-corrected chi connectivity index (χ4v) is 1.30. The van der Waals surface area contributed by atoms with Gasteiger partial charge in [-0.2, -0.15) is 0 Å². The molecule has 0 aromatic carbocycles. The highest BCUT2D eigenvalue weighted by Crippen LogP contribution is 2.11. The largest absolute Gasteiger partial charge is 0.374 e. The molecule has 0 aliphatic heterocycles. The van der Waals surface area contributed by atoms with Gasteiger partial charge in [0.15, 0.2) is 0 Å². The predicted octanol–water partition coefficient (Wildman–Crippen LogP) is 2.01. The average molecular weight is 209 g/mol. The number of anilines is 1. The maximum Gasteiger partial charge on any atom is 0.129 e. The van der Waals surface area contributed by atoms with Gasteiger partial charge < -0.3 is 10.1 Å². The van der Waals surface area contributed by atoms with E-state index in [1.807, 2.05) is 19.9 Å². The van der Waals surface area contributed by atoms with Crippen LogP contribution in [0.15, 0.2) is 12.4 Å². The Hall–Kier alpha value is -1.16. The van der Waals surface area contributed by atoms with Gasteiger partial charge in [-0.05, 0) is 27.7 Å². The summed E-state index contributed by atoms with van der Waals surface area (Å²) in [4.78, 5) is 8.16. The van der Waals surface area contributed by atoms with E-state index in [-0.39, 0.29) is 5.60 Å². The molecule has 0 aliphatic rings. The normalized spacial score (nSPS) is 11.5. The third kappa shape index (κ3) is 4.25. The molecule has 1 aromatic heterocycles. The summed E-state index contributed by atoms with van der Waals surface area (Å²) < 4.78 is 5.58. The minimum absolute atomic E-state index is 0.173. The van der Waals surface area contributed by atoms with Gasteiger partial charge in [-0.3, -0.25) is 0 Å². The van der Waals surface area contributed by atoms with Crippen LogP contribution < -0.4 is 5.32 Å². The lowest BCUT2D eigenvalue weighted by Crippen LogP contribution is -2.33. The van der Waals surface area contributed by atoms with Crippen molar-refractivity contribution in [2.45, 2.75) is 33.3 Å². The second-order valence-corrected chi connectivity index (χ2v) is 4.09. The molecule has 0 bridgehead atoms. The molecular formula is C11H19N3O. The minimum Gasteiger partial charge on any atom is -0.374 e. The second-order valence-electron chi connectivity index (χ2n) is 4.09. The lowest BCUT2D eigenvalue weighted by atomic mass is 10.1. The van der Waals surface area contributed by atoms with E-state index in [1.54, 1.807) is 6.33 Å². The van der Waals surface area contributed by atoms with Gasteiger partial charge in [0.2, 0.25) is 0 Å². The van der Waals surface area contributed by atoms with Crippen LogP contribution in [0.5, 0.6) is 0 Å². The quantitative estimate of drug-likeness (QED) is 0.806. The number of rotatable bonds is 5. The number of aryl methyl sites for hydroxylation is 1. The standard InChI is InChI=1S/C11H19N3O/c1-5-15-11(3,4)7-12-10-6-9(2)13-8-14-10/h6,8H,5,7H2,1-4H3,(H,12,13,14). The van der Waals surface area contributed by atoms with Gasteiger partial charge in [-0.25, -0.2) is 9.97 Å². The Morgan fingerprint density at radius 1 is 1.40 bits per heavy atom. The molecule has 84 valence electrons. The molecule has 4 heteroatoms. The molecule has 0 unspecified atom stereocenters. The van der Waals surface area contributed by atoms with Crippen molar-refractivity contribution >= 4 is 5.82 Å². The van der Waals surface area contributed by atoms with E-state index in [1.165, 1.54) is 0 Å². The molecule has 0 saturated heterocycles. The van der Waals surface area contributed by atoms with Crippen molar-refractivity contribution in [2.75, 3.05) is 18.5 Å². The molecule has 0 fully saturated rings. The number of hydrogen-bond acceptors (Lipinski definition) is 4. The van der Waals surface area contributed by atoms with Gasteiger partial charge in [-0.1, -0.05) is 0 Å². The van der Waals surface area contributed by atoms with Crippen LogP contribution in [-0.2, 0) is 4.74 Å². The Morgan fingerprint density at radius 3 is 2.73 bits per heavy atom. The highest BCUT2D eigenvalue weighted by molar-refractivity contribution is 5.34. The third-order valence-corrected chi connectivity index (χ3v) is 2.03. The zero-order valence-corrected chi connectivity index (χ0v) is 9.87. The Kier molecular flexibility index (Phi) is 4.03. The van der Waals surface area contributed by atoms with Gasteiger partial charge in [-0.15, -0.1) is 0 Å². The molecule has 0 saturated carbocycles. The SMILES string of the molecule is CCOC(C)(C)CNc1cc(C)ncn1. The van der Waals surface area contributed by atoms with E-state index >= 15 is 0 Å². The van der Waals surface area contributed by atoms with Crippen molar-refractivity contribution in [3.05, 3.63) is 18.1 Å². The molecule has 0 atom stereocenters. The van der Waals surface area contributed by atoms with Gasteiger partial charge in [0, 0.05) is 24.9 Å². The molecule has 4 nitrogen and oxygen atoms in total. The van der Waals surface area contributed by atoms with Crippen LogP contribution in [0.3, 0.4) is 0 Å². The first-order chi connectivity index (χ1) is 7.03. The molecule has 0 aliphatic carbocycles. The van der Waals surface area contributed by atoms with Crippen molar-refractivity contribution in [3.63, 3.8) is 0 Å². The summed E-state index contributed by atoms with van der Waals surface area (Å²) in [7, 11) is 0. The van der Waals surface area contributed by atoms with Crippen LogP contribution in [0.1, 0.15) is 26.5 Å². The Bertz CT molecular complexity index is 312. The zero-order chi connectivity index (χ0) is 11.3. The molecular weight excluding hydrogens is 190 g/mol. The van der Waals surface area contributed by atoms with Crippen molar-refractivity contribution < 1.29 is 4.74 Å². The van der Waals surface area contributed by atoms with E-state index in [0.29, 0.717) is 0 Å². The van der Waals surface area contributed by atoms with Crippen LogP contribution in [-0.4, -0.2) is 28.7 Å². The van der Waals surface area contributed by atoms with Crippen molar-refractivity contribution in [2.24, 2.45) is 0 Å². The number of nitrogens with zero attached hydrogens (tertiary/aromatic N) is 2. The predicted molar refractivity (Wildman–Crippen MR) is 61.0 cm³/mol. The summed E-state index contributed by atoms with van der Waals surface area (Å²) in [6.45, 7) is 9.50. The summed E-state index contributed by atoms with van der Waals surface area (Å²) in [5.74, 6) is 0.843. The molecule has 0 spiro atoms. The Labute approximate surface area is 91.1 Å². The molecule has 15 heavy (non-hydrogen) atoms. The van der Waals surface area contributed by atoms with Crippen LogP contribution in [0, 0.1) is 6.92 Å². The first-order valence-electron chi connectivity index (χ1n) is 5.20. The number of aromatic nitrogens is 2. The average Bonchev–Trinajstić information content (AvgIpc) is 2.15. The lowest BCUT2D eigenvalue weighted by Gasteiger charge is -2.25. The number of hydrogen-bond donors (Lipinski definition) is 1. The van der Waals surface area contributed by atoms with E-state index in [0.717, 1.165) is 24.7 Å². The van der Waals surface area contributed by atoms with E-state index < -0.39 is 0 Å². The zero-order valence-electron chi connectivity index (χ0n) is 9.87. The summed E-state index contributed by atoms with van der Waals surface area (Å²) in [5, 5.41) is 3.23. The smallest absolute Gasteiger partial charge is 0.129 e. The molecule has 1 aromatic rings. The van der Waals surface area contributed by atoms with Gasteiger partial charge in [0.1, 0.15) is 12.1 Å². The maximum absolute atomic E-state index is 5.58. The van der Waals surface area contributed by atoms with E-state index in [4.69, 9.17) is 4.74 Å². The van der Waals surface area contributed by atoms with Crippen molar-refractivity contribution in [1.29, 1.82) is 0 Å². The monoisotopic (exact) mass is 209 g/mol. The molecule has 1 N–H and O–H groups in total. The summed E-state index contributed by atoms with van der Waals surface area (Å²) >= 11 is 0. The van der Waals surface area contributed by atoms with Gasteiger partial charge >= 0.3 is 0 Å². The third-order valence-electron chi connectivity index (χ3n) is 2.03. The highest BCUT2D eigenvalue weighted by Gasteiger charge is 2.17. The summed E-state index contributed by atoms with van der Waals surface area (Å²) in [6, 6.07) is 1.92. The second kappa shape index (κ2) is 5.07. The molecule has 0 radical (unpaired) electrons. The fourth-order valence-electron chi connectivity index (χ4n) is 1.30. The maximum atomic E-state index is 5.58. The Morgan fingerprint density at radius 2 is 2.13 bits per heavy atom. The first-order valence-corrected chi connectivity index (χ1v) is 5.20. The van der Waals surface area contributed by atoms with Gasteiger partial charge in [0.25, 0.3) is 0 Å². The molecule has 0 amide bonds. The molecule has 1 rings (SSSR count). The van der Waals surface area contributed by atoms with Crippen LogP contribution >= 0.6 is 0 Å². The topological polar surface area (TPSA) is 47.0 Å². The van der Waals surface area contributed by atoms with Crippen molar-refractivity contribution in [1.82, 2.24) is 9.97 Å². The van der Waals surface area contributed by atoms with Crippen molar-refractivity contribution in [3.8, 4) is 0 Å². The minimum atomic E-state index is -0.173. The van der Waals surface area contributed by atoms with Crippen LogP contribution in [0.4, 0.5) is 5.82 Å². The Balaban J connectivity index is 2.49. The van der Waals surface area contributed by atoms with Crippen LogP contribution in [0.2, 0.25) is 0 Å². The molecule has 1 heterocycles. The van der Waals surface area contributed by atoms with Crippen LogP contribution in [0.25, 0.3) is 0 Å². The fraction of sp³-hybridized carbons (Fsp3) is 0.636. The van der Waals surface area contributed by atoms with E-state index in [9.17, 15) is 0 Å².